The first kappa shape index (κ1) is 26.4. The molecule has 1 N–H and O–H groups in total. The van der Waals surface area contributed by atoms with Crippen molar-refractivity contribution < 1.29 is 35.7 Å². The van der Waals surface area contributed by atoms with Gasteiger partial charge in [0.05, 0.1) is 75.3 Å². The van der Waals surface area contributed by atoms with Crippen LogP contribution in [-0.4, -0.2) is 96.0 Å². The largest absolute Gasteiger partial charge is 0.397 e. The Morgan fingerprint density at radius 1 is 0.821 bits per heavy atom. The van der Waals surface area contributed by atoms with Crippen molar-refractivity contribution in [3.8, 4) is 0 Å². The number of rotatable bonds is 9. The average Bonchev–Trinajstić information content (AvgIpc) is 2.56. The Morgan fingerprint density at radius 3 is 1.25 bits per heavy atom. The molecule has 0 bridgehead atoms. The standard InChI is InChI=1S/C18H30N2O2.CH4O4S/c1-19(2,3)13-11-17(21)15-7-9-16(10-8-15)18(22)12-14-20(4,5)6;1-5-6(2,3)4/h7-10H,11-14H2,1-6H3;1H3,(H,2,3,4)/q+2;. The van der Waals surface area contributed by atoms with Crippen molar-refractivity contribution in [3.63, 3.8) is 0 Å². The van der Waals surface area contributed by atoms with E-state index in [4.69, 9.17) is 4.55 Å². The third-order valence-corrected chi connectivity index (χ3v) is 4.18. The van der Waals surface area contributed by atoms with E-state index in [1.54, 1.807) is 24.3 Å². The van der Waals surface area contributed by atoms with E-state index >= 15 is 0 Å². The summed E-state index contributed by atoms with van der Waals surface area (Å²) in [5, 5.41) is 0. The lowest BCUT2D eigenvalue weighted by molar-refractivity contribution is -0.869. The normalized spacial score (nSPS) is 12.1. The van der Waals surface area contributed by atoms with Gasteiger partial charge in [0.15, 0.2) is 11.6 Å². The Balaban J connectivity index is 0.00000105. The van der Waals surface area contributed by atoms with Crippen molar-refractivity contribution in [2.75, 3.05) is 62.5 Å². The zero-order chi connectivity index (χ0) is 22.2. The smallest absolute Gasteiger partial charge is 0.331 e. The van der Waals surface area contributed by atoms with E-state index in [2.05, 4.69) is 46.5 Å². The van der Waals surface area contributed by atoms with Gasteiger partial charge in [0.2, 0.25) is 0 Å². The maximum absolute atomic E-state index is 12.1. The summed E-state index contributed by atoms with van der Waals surface area (Å²) >= 11 is 0. The Kier molecular flexibility index (Phi) is 10.1. The maximum atomic E-state index is 12.1. The van der Waals surface area contributed by atoms with Gasteiger partial charge in [-0.2, -0.15) is 8.42 Å². The van der Waals surface area contributed by atoms with E-state index in [1.165, 1.54) is 0 Å². The highest BCUT2D eigenvalue weighted by Gasteiger charge is 2.15. The zero-order valence-electron chi connectivity index (χ0n) is 17.9. The van der Waals surface area contributed by atoms with E-state index < -0.39 is 10.4 Å². The molecule has 1 aromatic carbocycles. The first-order chi connectivity index (χ1) is 12.5. The van der Waals surface area contributed by atoms with Gasteiger partial charge >= 0.3 is 10.4 Å². The Bertz CT molecular complexity index is 695. The van der Waals surface area contributed by atoms with Crippen LogP contribution in [0.3, 0.4) is 0 Å². The molecule has 0 heterocycles. The molecule has 1 aromatic rings. The van der Waals surface area contributed by atoms with Crippen LogP contribution in [-0.2, 0) is 14.6 Å². The molecular weight excluding hydrogens is 384 g/mol. The van der Waals surface area contributed by atoms with Crippen molar-refractivity contribution in [3.05, 3.63) is 35.4 Å². The van der Waals surface area contributed by atoms with Crippen LogP contribution in [0, 0.1) is 0 Å². The molecule has 0 fully saturated rings. The highest BCUT2D eigenvalue weighted by atomic mass is 32.3. The summed E-state index contributed by atoms with van der Waals surface area (Å²) in [4.78, 5) is 24.3. The highest BCUT2D eigenvalue weighted by molar-refractivity contribution is 7.80. The molecule has 8 nitrogen and oxygen atoms in total. The fourth-order valence-electron chi connectivity index (χ4n) is 2.00. The second kappa shape index (κ2) is 10.8. The molecular formula is C19H34N2O6S+2. The number of carbonyl (C=O) groups is 2. The van der Waals surface area contributed by atoms with Gasteiger partial charge in [0, 0.05) is 11.1 Å². The molecule has 0 saturated heterocycles. The van der Waals surface area contributed by atoms with Crippen LogP contribution in [0.25, 0.3) is 0 Å². The molecule has 0 aromatic heterocycles. The van der Waals surface area contributed by atoms with Crippen LogP contribution in [0.2, 0.25) is 0 Å². The fourth-order valence-corrected chi connectivity index (χ4v) is 2.00. The molecule has 0 unspecified atom stereocenters. The number of nitrogens with zero attached hydrogens (tertiary/aromatic N) is 2. The monoisotopic (exact) mass is 418 g/mol. The average molecular weight is 419 g/mol. The van der Waals surface area contributed by atoms with Crippen molar-refractivity contribution in [2.24, 2.45) is 0 Å². The van der Waals surface area contributed by atoms with Gasteiger partial charge in [0.1, 0.15) is 0 Å². The first-order valence-corrected chi connectivity index (χ1v) is 10.2. The topological polar surface area (TPSA) is 97.7 Å². The van der Waals surface area contributed by atoms with Gasteiger partial charge in [-0.05, 0) is 0 Å². The van der Waals surface area contributed by atoms with E-state index in [0.29, 0.717) is 24.0 Å². The minimum Gasteiger partial charge on any atom is -0.331 e. The number of quaternary nitrogens is 2. The van der Waals surface area contributed by atoms with Gasteiger partial charge in [0.25, 0.3) is 0 Å². The molecule has 0 amide bonds. The van der Waals surface area contributed by atoms with Gasteiger partial charge in [-0.1, -0.05) is 24.3 Å². The molecule has 160 valence electrons. The number of hydrogen-bond acceptors (Lipinski definition) is 5. The lowest BCUT2D eigenvalue weighted by atomic mass is 10.0. The van der Waals surface area contributed by atoms with Crippen LogP contribution in [0.5, 0.6) is 0 Å². The molecule has 0 atom stereocenters. The Morgan fingerprint density at radius 2 is 1.07 bits per heavy atom. The van der Waals surface area contributed by atoms with Crippen LogP contribution in [0.15, 0.2) is 24.3 Å². The summed E-state index contributed by atoms with van der Waals surface area (Å²) in [6.45, 7) is 1.62. The summed E-state index contributed by atoms with van der Waals surface area (Å²) in [6.07, 6.45) is 1.05. The Hall–Kier alpha value is -1.65. The third kappa shape index (κ3) is 13.5. The predicted molar refractivity (Wildman–Crippen MR) is 109 cm³/mol. The quantitative estimate of drug-likeness (QED) is 0.372. The second-order valence-electron chi connectivity index (χ2n) is 8.55. The van der Waals surface area contributed by atoms with E-state index in [0.717, 1.165) is 29.2 Å². The summed E-state index contributed by atoms with van der Waals surface area (Å²) < 4.78 is 31.3. The van der Waals surface area contributed by atoms with Crippen LogP contribution in [0.1, 0.15) is 33.6 Å². The van der Waals surface area contributed by atoms with E-state index in [9.17, 15) is 18.0 Å². The van der Waals surface area contributed by atoms with Crippen molar-refractivity contribution >= 4 is 22.0 Å². The lowest BCUT2D eigenvalue weighted by Crippen LogP contribution is -2.36. The molecule has 0 aliphatic heterocycles. The minimum atomic E-state index is -4.16. The molecule has 0 saturated carbocycles. The molecule has 0 spiro atoms. The number of Topliss-reactive ketones (excluding diaryl/α,β-unsaturated/α-hetero) is 2. The molecule has 0 aliphatic rings. The number of hydrogen-bond donors (Lipinski definition) is 1. The third-order valence-electron chi connectivity index (χ3n) is 3.76. The maximum Gasteiger partial charge on any atom is 0.397 e. The van der Waals surface area contributed by atoms with Crippen molar-refractivity contribution in [1.82, 2.24) is 0 Å². The Labute approximate surface area is 168 Å². The van der Waals surface area contributed by atoms with Gasteiger partial charge < -0.3 is 8.97 Å². The summed E-state index contributed by atoms with van der Waals surface area (Å²) in [5.74, 6) is 0.275. The molecule has 28 heavy (non-hydrogen) atoms. The fraction of sp³-hybridized carbons (Fsp3) is 0.579. The second-order valence-corrected chi connectivity index (χ2v) is 9.73. The summed E-state index contributed by atoms with van der Waals surface area (Å²) in [7, 11) is 9.14. The van der Waals surface area contributed by atoms with Crippen LogP contribution >= 0.6 is 0 Å². The summed E-state index contributed by atoms with van der Waals surface area (Å²) in [6, 6.07) is 7.10. The van der Waals surface area contributed by atoms with Gasteiger partial charge in [-0.15, -0.1) is 0 Å². The number of benzene rings is 1. The van der Waals surface area contributed by atoms with Crippen LogP contribution in [0.4, 0.5) is 0 Å². The van der Waals surface area contributed by atoms with Gasteiger partial charge in [-0.25, -0.2) is 0 Å². The molecule has 0 aliphatic carbocycles. The number of carbonyl (C=O) groups excluding carboxylic acids is 2. The SMILES string of the molecule is COS(=O)(=O)O.C[N+](C)(C)CCC(=O)c1ccc(C(=O)CC[N+](C)(C)C)cc1. The highest BCUT2D eigenvalue weighted by Crippen LogP contribution is 2.11. The first-order valence-electron chi connectivity index (χ1n) is 8.84. The molecule has 0 radical (unpaired) electrons. The van der Waals surface area contributed by atoms with Crippen LogP contribution < -0.4 is 0 Å². The van der Waals surface area contributed by atoms with E-state index in [1.807, 2.05) is 0 Å². The lowest BCUT2D eigenvalue weighted by Gasteiger charge is -2.23. The number of ketones is 2. The molecule has 9 heteroatoms. The van der Waals surface area contributed by atoms with Gasteiger partial charge in [-0.3, -0.25) is 18.3 Å². The van der Waals surface area contributed by atoms with E-state index in [-0.39, 0.29) is 11.6 Å². The predicted octanol–water partition coefficient (Wildman–Crippen LogP) is 1.68. The molecule has 1 rings (SSSR count). The minimum absolute atomic E-state index is 0.137. The van der Waals surface area contributed by atoms with Crippen molar-refractivity contribution in [2.45, 2.75) is 12.8 Å². The van der Waals surface area contributed by atoms with Crippen molar-refractivity contribution in [1.29, 1.82) is 0 Å². The summed E-state index contributed by atoms with van der Waals surface area (Å²) in [5.41, 5.74) is 1.38. The zero-order valence-corrected chi connectivity index (χ0v) is 18.7.